The van der Waals surface area contributed by atoms with Crippen LogP contribution in [0.4, 0.5) is 5.69 Å². The average molecular weight is 350 g/mol. The Morgan fingerprint density at radius 3 is 2.69 bits per heavy atom. The molecule has 0 amide bonds. The number of rotatable bonds is 4. The monoisotopic (exact) mass is 350 g/mol. The molecule has 0 aliphatic rings. The van der Waals surface area contributed by atoms with Crippen LogP contribution in [0.15, 0.2) is 42.0 Å². The van der Waals surface area contributed by atoms with Crippen molar-refractivity contribution in [3.8, 4) is 17.6 Å². The molecule has 2 aromatic carbocycles. The number of aromatic hydroxyl groups is 2. The molecule has 0 fully saturated rings. The second-order valence-electron chi connectivity index (χ2n) is 5.27. The molecule has 9 nitrogen and oxygen atoms in total. The predicted molar refractivity (Wildman–Crippen MR) is 90.4 cm³/mol. The number of hydrogen-bond donors (Lipinski definition) is 3. The van der Waals surface area contributed by atoms with Crippen LogP contribution in [0.2, 0.25) is 0 Å². The van der Waals surface area contributed by atoms with Gasteiger partial charge in [0.25, 0.3) is 0 Å². The maximum Gasteiger partial charge on any atom is 0.315 e. The predicted octanol–water partition coefficient (Wildman–Crippen LogP) is 2.67. The number of phenolic OH excluding ortho intramolecular Hbond substituents is 2. The summed E-state index contributed by atoms with van der Waals surface area (Å²) in [5.74, 6) is -2.40. The second kappa shape index (κ2) is 6.37. The number of nitro groups is 1. The van der Waals surface area contributed by atoms with Crippen LogP contribution in [-0.4, -0.2) is 30.9 Å². The Morgan fingerprint density at radius 1 is 1.31 bits per heavy atom. The molecule has 0 saturated carbocycles. The minimum absolute atomic E-state index is 0.00742. The van der Waals surface area contributed by atoms with Gasteiger partial charge in [-0.1, -0.05) is 12.1 Å². The van der Waals surface area contributed by atoms with E-state index in [1.54, 1.807) is 30.3 Å². The lowest BCUT2D eigenvalue weighted by molar-refractivity contribution is -0.386. The summed E-state index contributed by atoms with van der Waals surface area (Å²) in [5, 5.41) is 39.3. The van der Waals surface area contributed by atoms with Gasteiger partial charge in [-0.2, -0.15) is 5.26 Å². The lowest BCUT2D eigenvalue weighted by Crippen LogP contribution is -2.04. The number of nitrogens with zero attached hydrogens (tertiary/aromatic N) is 3. The number of allylic oxidation sites excluding steroid dienone is 1. The minimum atomic E-state index is -0.894. The molecule has 128 valence electrons. The molecule has 0 saturated heterocycles. The van der Waals surface area contributed by atoms with Gasteiger partial charge in [-0.15, -0.1) is 0 Å². The standard InChI is InChI=1S/C17H10N4O5/c18-8-10(5-9-6-13(21(25)26)16(24)14(22)7-9)15(23)17-19-11-3-1-2-4-12(11)20-17/h1-7,22,24H,(H,19,20). The normalized spacial score (nSPS) is 11.3. The van der Waals surface area contributed by atoms with Crippen LogP contribution in [0.25, 0.3) is 17.1 Å². The Hall–Kier alpha value is -4.19. The first-order chi connectivity index (χ1) is 12.4. The van der Waals surface area contributed by atoms with E-state index in [1.165, 1.54) is 0 Å². The van der Waals surface area contributed by atoms with Crippen LogP contribution >= 0.6 is 0 Å². The highest BCUT2D eigenvalue weighted by Gasteiger charge is 2.20. The molecule has 0 radical (unpaired) electrons. The van der Waals surface area contributed by atoms with Crippen LogP contribution in [0.1, 0.15) is 16.2 Å². The summed E-state index contributed by atoms with van der Waals surface area (Å²) in [6.07, 6.45) is 1.07. The Labute approximate surface area is 145 Å². The first kappa shape index (κ1) is 16.7. The zero-order chi connectivity index (χ0) is 18.8. The van der Waals surface area contributed by atoms with E-state index in [-0.39, 0.29) is 17.0 Å². The number of nitrogens with one attached hydrogen (secondary N) is 1. The van der Waals surface area contributed by atoms with E-state index >= 15 is 0 Å². The van der Waals surface area contributed by atoms with E-state index in [4.69, 9.17) is 0 Å². The average Bonchev–Trinajstić information content (AvgIpc) is 3.05. The molecule has 1 heterocycles. The summed E-state index contributed by atoms with van der Waals surface area (Å²) >= 11 is 0. The lowest BCUT2D eigenvalue weighted by Gasteiger charge is -2.02. The number of nitriles is 1. The number of fused-ring (bicyclic) bond motifs is 1. The highest BCUT2D eigenvalue weighted by atomic mass is 16.6. The van der Waals surface area contributed by atoms with Crippen molar-refractivity contribution in [2.24, 2.45) is 0 Å². The number of aromatic amines is 1. The van der Waals surface area contributed by atoms with E-state index in [9.17, 15) is 30.4 Å². The van der Waals surface area contributed by atoms with Crippen LogP contribution in [0, 0.1) is 21.4 Å². The molecule has 9 heteroatoms. The first-order valence-electron chi connectivity index (χ1n) is 7.22. The molecular formula is C17H10N4O5. The van der Waals surface area contributed by atoms with Gasteiger partial charge in [0, 0.05) is 6.07 Å². The fourth-order valence-electron chi connectivity index (χ4n) is 2.35. The Bertz CT molecular complexity index is 1090. The van der Waals surface area contributed by atoms with E-state index in [2.05, 4.69) is 9.97 Å². The van der Waals surface area contributed by atoms with E-state index in [0.717, 1.165) is 18.2 Å². The molecule has 0 spiro atoms. The number of para-hydroxylation sites is 2. The third kappa shape index (κ3) is 2.94. The minimum Gasteiger partial charge on any atom is -0.504 e. The molecule has 0 unspecified atom stereocenters. The number of phenols is 2. The van der Waals surface area contributed by atoms with Gasteiger partial charge in [-0.05, 0) is 29.8 Å². The number of H-pyrrole nitrogens is 1. The van der Waals surface area contributed by atoms with Crippen molar-refractivity contribution < 1.29 is 19.9 Å². The topological polar surface area (TPSA) is 153 Å². The number of aromatic nitrogens is 2. The fraction of sp³-hybridized carbons (Fsp3) is 0. The zero-order valence-electron chi connectivity index (χ0n) is 13.0. The highest BCUT2D eigenvalue weighted by molar-refractivity contribution is 6.13. The molecule has 3 aromatic rings. The quantitative estimate of drug-likeness (QED) is 0.163. The SMILES string of the molecule is N#CC(=Cc1cc(O)c(O)c([N+](=O)[O-])c1)C(=O)c1nc2ccccc2[nH]1. The van der Waals surface area contributed by atoms with Crippen molar-refractivity contribution in [1.29, 1.82) is 5.26 Å². The van der Waals surface area contributed by atoms with Gasteiger partial charge in [0.15, 0.2) is 11.6 Å². The second-order valence-corrected chi connectivity index (χ2v) is 5.27. The first-order valence-corrected chi connectivity index (χ1v) is 7.22. The van der Waals surface area contributed by atoms with Crippen molar-refractivity contribution in [2.75, 3.05) is 0 Å². The summed E-state index contributed by atoms with van der Waals surface area (Å²) in [6, 6.07) is 10.6. The molecular weight excluding hydrogens is 340 g/mol. The van der Waals surface area contributed by atoms with Gasteiger partial charge >= 0.3 is 5.69 Å². The van der Waals surface area contributed by atoms with Crippen molar-refractivity contribution in [3.63, 3.8) is 0 Å². The summed E-state index contributed by atoms with van der Waals surface area (Å²) in [7, 11) is 0. The van der Waals surface area contributed by atoms with Crippen LogP contribution in [0.3, 0.4) is 0 Å². The number of imidazole rings is 1. The Morgan fingerprint density at radius 2 is 2.04 bits per heavy atom. The summed E-state index contributed by atoms with van der Waals surface area (Å²) in [6.45, 7) is 0. The van der Waals surface area contributed by atoms with Crippen molar-refractivity contribution in [2.45, 2.75) is 0 Å². The highest BCUT2D eigenvalue weighted by Crippen LogP contribution is 2.36. The molecule has 3 rings (SSSR count). The Balaban J connectivity index is 2.04. The summed E-state index contributed by atoms with van der Waals surface area (Å²) in [4.78, 5) is 29.4. The number of benzene rings is 2. The molecule has 1 aromatic heterocycles. The number of nitro benzene ring substituents is 1. The summed E-state index contributed by atoms with van der Waals surface area (Å²) in [5.41, 5.74) is 0.0818. The molecule has 0 atom stereocenters. The van der Waals surface area contributed by atoms with Gasteiger partial charge < -0.3 is 15.2 Å². The fourth-order valence-corrected chi connectivity index (χ4v) is 2.35. The Kier molecular flexibility index (Phi) is 4.08. The van der Waals surface area contributed by atoms with Crippen LogP contribution in [0.5, 0.6) is 11.5 Å². The van der Waals surface area contributed by atoms with Crippen molar-refractivity contribution in [3.05, 3.63) is 63.5 Å². The maximum absolute atomic E-state index is 12.5. The van der Waals surface area contributed by atoms with Gasteiger partial charge in [0.2, 0.25) is 11.5 Å². The third-order valence-corrected chi connectivity index (χ3v) is 3.57. The van der Waals surface area contributed by atoms with Gasteiger partial charge in [0.05, 0.1) is 16.0 Å². The number of carbonyl (C=O) groups is 1. The van der Waals surface area contributed by atoms with Crippen LogP contribution < -0.4 is 0 Å². The van der Waals surface area contributed by atoms with E-state index < -0.39 is 27.9 Å². The largest absolute Gasteiger partial charge is 0.504 e. The summed E-state index contributed by atoms with van der Waals surface area (Å²) < 4.78 is 0. The zero-order valence-corrected chi connectivity index (χ0v) is 13.0. The van der Waals surface area contributed by atoms with E-state index in [0.29, 0.717) is 11.0 Å². The third-order valence-electron chi connectivity index (χ3n) is 3.57. The van der Waals surface area contributed by atoms with Gasteiger partial charge in [-0.3, -0.25) is 14.9 Å². The van der Waals surface area contributed by atoms with Gasteiger partial charge in [-0.25, -0.2) is 4.98 Å². The molecule has 0 bridgehead atoms. The van der Waals surface area contributed by atoms with Crippen LogP contribution in [-0.2, 0) is 0 Å². The number of hydrogen-bond acceptors (Lipinski definition) is 7. The number of Topliss-reactive ketones (excluding diaryl/α,β-unsaturated/α-hetero) is 1. The van der Waals surface area contributed by atoms with Crippen molar-refractivity contribution in [1.82, 2.24) is 9.97 Å². The maximum atomic E-state index is 12.5. The van der Waals surface area contributed by atoms with Gasteiger partial charge in [0.1, 0.15) is 11.6 Å². The molecule has 26 heavy (non-hydrogen) atoms. The molecule has 0 aliphatic carbocycles. The smallest absolute Gasteiger partial charge is 0.315 e. The molecule has 3 N–H and O–H groups in total. The lowest BCUT2D eigenvalue weighted by atomic mass is 10.1. The number of carbonyl (C=O) groups excluding carboxylic acids is 1. The molecule has 0 aliphatic heterocycles. The van der Waals surface area contributed by atoms with E-state index in [1.807, 2.05) is 0 Å². The number of ketones is 1. The van der Waals surface area contributed by atoms with Crippen molar-refractivity contribution >= 4 is 28.6 Å².